The summed E-state index contributed by atoms with van der Waals surface area (Å²) < 4.78 is 10.7. The third-order valence-corrected chi connectivity index (χ3v) is 2.25. The fourth-order valence-corrected chi connectivity index (χ4v) is 1.40. The Kier molecular flexibility index (Phi) is 2.86. The molecule has 0 fully saturated rings. The number of nitrogen functional groups attached to an aromatic ring is 1. The van der Waals surface area contributed by atoms with Crippen molar-refractivity contribution in [2.24, 2.45) is 0 Å². The van der Waals surface area contributed by atoms with Gasteiger partial charge in [-0.15, -0.1) is 5.10 Å². The fraction of sp³-hybridized carbons (Fsp3) is 0.273. The van der Waals surface area contributed by atoms with Crippen LogP contribution in [0.3, 0.4) is 0 Å². The lowest BCUT2D eigenvalue weighted by molar-refractivity contribution is 0.414. The predicted octanol–water partition coefficient (Wildman–Crippen LogP) is 1.39. The maximum atomic E-state index is 5.73. The van der Waals surface area contributed by atoms with Crippen LogP contribution in [-0.2, 0) is 0 Å². The Labute approximate surface area is 99.0 Å². The molecule has 1 aromatic heterocycles. The number of aromatic nitrogens is 2. The number of benzene rings is 1. The smallest absolute Gasteiger partial charge is 0.317 e. The van der Waals surface area contributed by atoms with Gasteiger partial charge in [0.05, 0.1) is 12.7 Å². The molecule has 0 saturated heterocycles. The zero-order chi connectivity index (χ0) is 12.4. The number of anilines is 2. The highest BCUT2D eigenvalue weighted by Gasteiger charge is 2.14. The molecule has 2 aromatic rings. The van der Waals surface area contributed by atoms with E-state index in [2.05, 4.69) is 10.2 Å². The van der Waals surface area contributed by atoms with Crippen LogP contribution in [0.15, 0.2) is 22.6 Å². The molecule has 2 rings (SSSR count). The van der Waals surface area contributed by atoms with Gasteiger partial charge in [0.2, 0.25) is 0 Å². The summed E-state index contributed by atoms with van der Waals surface area (Å²) in [5.41, 5.74) is 7.03. The van der Waals surface area contributed by atoms with Gasteiger partial charge in [0, 0.05) is 19.8 Å². The number of nitrogens with two attached hydrogens (primary N) is 1. The number of methoxy groups -OCH3 is 1. The van der Waals surface area contributed by atoms with E-state index in [-0.39, 0.29) is 0 Å². The van der Waals surface area contributed by atoms with Crippen LogP contribution >= 0.6 is 0 Å². The maximum absolute atomic E-state index is 5.73. The average Bonchev–Trinajstić information content (AvgIpc) is 2.78. The molecule has 0 aliphatic rings. The third kappa shape index (κ3) is 2.15. The summed E-state index contributed by atoms with van der Waals surface area (Å²) in [5.74, 6) is 1.03. The van der Waals surface area contributed by atoms with Gasteiger partial charge in [0.1, 0.15) is 5.75 Å². The SMILES string of the molecule is COc1ccc(N)cc1-c1nnc(N(C)C)o1. The van der Waals surface area contributed by atoms with Crippen molar-refractivity contribution in [3.63, 3.8) is 0 Å². The number of nitrogens with zero attached hydrogens (tertiary/aromatic N) is 3. The lowest BCUT2D eigenvalue weighted by atomic mass is 10.2. The Morgan fingerprint density at radius 3 is 2.65 bits per heavy atom. The molecule has 0 bridgehead atoms. The van der Waals surface area contributed by atoms with Crippen LogP contribution in [0.1, 0.15) is 0 Å². The molecule has 0 unspecified atom stereocenters. The number of hydrogen-bond acceptors (Lipinski definition) is 6. The van der Waals surface area contributed by atoms with E-state index in [1.54, 1.807) is 30.2 Å². The number of ether oxygens (including phenoxy) is 1. The molecule has 6 nitrogen and oxygen atoms in total. The predicted molar refractivity (Wildman–Crippen MR) is 65.0 cm³/mol. The fourth-order valence-electron chi connectivity index (χ4n) is 1.40. The maximum Gasteiger partial charge on any atom is 0.317 e. The van der Waals surface area contributed by atoms with Crippen molar-refractivity contribution >= 4 is 11.7 Å². The summed E-state index contributed by atoms with van der Waals surface area (Å²) >= 11 is 0. The highest BCUT2D eigenvalue weighted by Crippen LogP contribution is 2.31. The average molecular weight is 234 g/mol. The topological polar surface area (TPSA) is 77.4 Å². The molecule has 0 atom stereocenters. The van der Waals surface area contributed by atoms with Gasteiger partial charge in [-0.2, -0.15) is 0 Å². The Morgan fingerprint density at radius 2 is 2.06 bits per heavy atom. The summed E-state index contributed by atoms with van der Waals surface area (Å²) in [4.78, 5) is 1.73. The molecule has 6 heteroatoms. The van der Waals surface area contributed by atoms with Crippen LogP contribution in [0.2, 0.25) is 0 Å². The zero-order valence-electron chi connectivity index (χ0n) is 9.97. The van der Waals surface area contributed by atoms with Crippen LogP contribution in [0.5, 0.6) is 5.75 Å². The molecular weight excluding hydrogens is 220 g/mol. The molecule has 90 valence electrons. The van der Waals surface area contributed by atoms with Crippen LogP contribution in [0.4, 0.5) is 11.7 Å². The number of rotatable bonds is 3. The van der Waals surface area contributed by atoms with Gasteiger partial charge in [-0.05, 0) is 18.2 Å². The molecule has 0 amide bonds. The second kappa shape index (κ2) is 4.32. The lowest BCUT2D eigenvalue weighted by Crippen LogP contribution is -2.08. The Balaban J connectivity index is 2.47. The molecule has 0 saturated carbocycles. The van der Waals surface area contributed by atoms with E-state index in [0.29, 0.717) is 28.9 Å². The molecule has 17 heavy (non-hydrogen) atoms. The Bertz CT molecular complexity index is 522. The quantitative estimate of drug-likeness (QED) is 0.809. The first kappa shape index (κ1) is 11.3. The number of hydrogen-bond donors (Lipinski definition) is 1. The second-order valence-electron chi connectivity index (χ2n) is 3.74. The summed E-state index contributed by atoms with van der Waals surface area (Å²) in [5, 5.41) is 7.87. The molecule has 0 aliphatic heterocycles. The molecule has 1 aromatic carbocycles. The van der Waals surface area contributed by atoms with E-state index in [1.807, 2.05) is 14.1 Å². The molecular formula is C11H14N4O2. The van der Waals surface area contributed by atoms with E-state index in [9.17, 15) is 0 Å². The second-order valence-corrected chi connectivity index (χ2v) is 3.74. The van der Waals surface area contributed by atoms with E-state index >= 15 is 0 Å². The molecule has 0 aliphatic carbocycles. The highest BCUT2D eigenvalue weighted by molar-refractivity contribution is 5.68. The van der Waals surface area contributed by atoms with Gasteiger partial charge >= 0.3 is 6.01 Å². The van der Waals surface area contributed by atoms with Crippen LogP contribution < -0.4 is 15.4 Å². The van der Waals surface area contributed by atoms with Crippen LogP contribution in [-0.4, -0.2) is 31.4 Å². The van der Waals surface area contributed by atoms with Crippen molar-refractivity contribution in [3.8, 4) is 17.2 Å². The van der Waals surface area contributed by atoms with Gasteiger partial charge in [0.15, 0.2) is 0 Å². The Hall–Kier alpha value is -2.24. The van der Waals surface area contributed by atoms with Gasteiger partial charge in [0.25, 0.3) is 5.89 Å². The summed E-state index contributed by atoms with van der Waals surface area (Å²) in [7, 11) is 5.24. The van der Waals surface area contributed by atoms with Crippen LogP contribution in [0, 0.1) is 0 Å². The van der Waals surface area contributed by atoms with E-state index in [0.717, 1.165) is 0 Å². The van der Waals surface area contributed by atoms with Crippen molar-refractivity contribution in [2.45, 2.75) is 0 Å². The van der Waals surface area contributed by atoms with Crippen molar-refractivity contribution in [1.82, 2.24) is 10.2 Å². The minimum Gasteiger partial charge on any atom is -0.496 e. The van der Waals surface area contributed by atoms with Crippen molar-refractivity contribution < 1.29 is 9.15 Å². The minimum atomic E-state index is 0.387. The van der Waals surface area contributed by atoms with Gasteiger partial charge in [-0.1, -0.05) is 5.10 Å². The summed E-state index contributed by atoms with van der Waals surface area (Å²) in [6, 6.07) is 5.70. The highest BCUT2D eigenvalue weighted by atomic mass is 16.5. The zero-order valence-corrected chi connectivity index (χ0v) is 9.97. The van der Waals surface area contributed by atoms with Crippen molar-refractivity contribution in [1.29, 1.82) is 0 Å². The standard InChI is InChI=1S/C11H14N4O2/c1-15(2)11-14-13-10(17-11)8-6-7(12)4-5-9(8)16-3/h4-6H,12H2,1-3H3. The van der Waals surface area contributed by atoms with Gasteiger partial charge in [-0.3, -0.25) is 0 Å². The molecule has 0 radical (unpaired) electrons. The monoisotopic (exact) mass is 234 g/mol. The first-order valence-electron chi connectivity index (χ1n) is 5.06. The van der Waals surface area contributed by atoms with E-state index < -0.39 is 0 Å². The first-order chi connectivity index (χ1) is 8.11. The van der Waals surface area contributed by atoms with Gasteiger partial charge in [-0.25, -0.2) is 0 Å². The van der Waals surface area contributed by atoms with Crippen LogP contribution in [0.25, 0.3) is 11.5 Å². The minimum absolute atomic E-state index is 0.387. The van der Waals surface area contributed by atoms with Crippen molar-refractivity contribution in [2.75, 3.05) is 31.8 Å². The largest absolute Gasteiger partial charge is 0.496 e. The molecule has 0 spiro atoms. The molecule has 2 N–H and O–H groups in total. The van der Waals surface area contributed by atoms with Gasteiger partial charge < -0.3 is 19.8 Å². The third-order valence-electron chi connectivity index (χ3n) is 2.25. The van der Waals surface area contributed by atoms with Crippen molar-refractivity contribution in [3.05, 3.63) is 18.2 Å². The Morgan fingerprint density at radius 1 is 1.29 bits per heavy atom. The summed E-state index contributed by atoms with van der Waals surface area (Å²) in [6.45, 7) is 0. The van der Waals surface area contributed by atoms with E-state index in [4.69, 9.17) is 14.9 Å². The lowest BCUT2D eigenvalue weighted by Gasteiger charge is -2.06. The molecule has 1 heterocycles. The van der Waals surface area contributed by atoms with E-state index in [1.165, 1.54) is 0 Å². The normalized spacial score (nSPS) is 10.3. The first-order valence-corrected chi connectivity index (χ1v) is 5.06. The summed E-state index contributed by atoms with van der Waals surface area (Å²) in [6.07, 6.45) is 0.